The van der Waals surface area contributed by atoms with Crippen LogP contribution in [0, 0.1) is 10.1 Å². The van der Waals surface area contributed by atoms with E-state index in [1.165, 1.54) is 19.1 Å². The number of hydrogen-bond acceptors (Lipinski definition) is 4. The molecule has 0 aliphatic rings. The Balaban J connectivity index is 3.19. The van der Waals surface area contributed by atoms with Gasteiger partial charge in [0, 0.05) is 13.0 Å². The third kappa shape index (κ3) is 2.93. The highest BCUT2D eigenvalue weighted by molar-refractivity contribution is 5.74. The first-order valence-electron chi connectivity index (χ1n) is 5.07. The molecule has 0 fully saturated rings. The van der Waals surface area contributed by atoms with Crippen LogP contribution in [0.4, 0.5) is 11.4 Å². The molecule has 0 saturated heterocycles. The zero-order valence-electron chi connectivity index (χ0n) is 9.98. The Kier molecular flexibility index (Phi) is 3.36. The second-order valence-electron chi connectivity index (χ2n) is 4.34. The van der Waals surface area contributed by atoms with Gasteiger partial charge >= 0.3 is 0 Å². The predicted octanol–water partition coefficient (Wildman–Crippen LogP) is 1.55. The number of amides is 1. The van der Waals surface area contributed by atoms with E-state index in [-0.39, 0.29) is 17.3 Å². The number of carbonyl (C=O) groups is 1. The number of nitrogens with one attached hydrogen (secondary N) is 1. The van der Waals surface area contributed by atoms with Crippen LogP contribution in [-0.4, -0.2) is 10.8 Å². The summed E-state index contributed by atoms with van der Waals surface area (Å²) in [4.78, 5) is 21.3. The van der Waals surface area contributed by atoms with Crippen molar-refractivity contribution < 1.29 is 9.72 Å². The summed E-state index contributed by atoms with van der Waals surface area (Å²) in [5.41, 5.74) is 5.42. The van der Waals surface area contributed by atoms with Gasteiger partial charge in [-0.1, -0.05) is 6.07 Å². The Morgan fingerprint density at radius 3 is 2.53 bits per heavy atom. The number of nitrogen functional groups attached to an aromatic ring is 1. The summed E-state index contributed by atoms with van der Waals surface area (Å²) in [6.07, 6.45) is 0. The van der Waals surface area contributed by atoms with Crippen molar-refractivity contribution in [3.63, 3.8) is 0 Å². The normalized spacial score (nSPS) is 11.0. The fraction of sp³-hybridized carbons (Fsp3) is 0.364. The molecule has 1 aromatic carbocycles. The molecule has 0 saturated carbocycles. The molecule has 17 heavy (non-hydrogen) atoms. The van der Waals surface area contributed by atoms with Gasteiger partial charge in [-0.2, -0.15) is 0 Å². The molecule has 0 radical (unpaired) electrons. The zero-order chi connectivity index (χ0) is 13.2. The molecule has 1 rings (SSSR count). The number of nitrogens with two attached hydrogens (primary N) is 1. The van der Waals surface area contributed by atoms with Gasteiger partial charge in [0.2, 0.25) is 5.91 Å². The van der Waals surface area contributed by atoms with Gasteiger partial charge in [-0.05, 0) is 25.5 Å². The number of carbonyl (C=O) groups excluding carboxylic acids is 1. The molecule has 92 valence electrons. The zero-order valence-corrected chi connectivity index (χ0v) is 9.98. The monoisotopic (exact) mass is 237 g/mol. The van der Waals surface area contributed by atoms with Crippen LogP contribution in [0.25, 0.3) is 0 Å². The number of anilines is 1. The number of nitro benzene ring substituents is 1. The maximum atomic E-state index is 11.0. The average molecular weight is 237 g/mol. The summed E-state index contributed by atoms with van der Waals surface area (Å²) in [7, 11) is 0. The van der Waals surface area contributed by atoms with Gasteiger partial charge in [0.1, 0.15) is 5.69 Å². The van der Waals surface area contributed by atoms with E-state index in [1.54, 1.807) is 19.9 Å². The van der Waals surface area contributed by atoms with Crippen molar-refractivity contribution in [1.82, 2.24) is 5.32 Å². The maximum Gasteiger partial charge on any atom is 0.292 e. The van der Waals surface area contributed by atoms with Crippen LogP contribution in [0.5, 0.6) is 0 Å². The van der Waals surface area contributed by atoms with Crippen molar-refractivity contribution in [3.8, 4) is 0 Å². The lowest BCUT2D eigenvalue weighted by Crippen LogP contribution is -2.39. The van der Waals surface area contributed by atoms with Gasteiger partial charge < -0.3 is 11.1 Å². The highest BCUT2D eigenvalue weighted by Crippen LogP contribution is 2.28. The van der Waals surface area contributed by atoms with Gasteiger partial charge in [0.15, 0.2) is 0 Å². The van der Waals surface area contributed by atoms with Crippen LogP contribution in [0.3, 0.4) is 0 Å². The lowest BCUT2D eigenvalue weighted by atomic mass is 9.93. The molecule has 0 unspecified atom stereocenters. The summed E-state index contributed by atoms with van der Waals surface area (Å²) in [6, 6.07) is 4.51. The first-order valence-corrected chi connectivity index (χ1v) is 5.07. The van der Waals surface area contributed by atoms with Crippen molar-refractivity contribution in [2.24, 2.45) is 0 Å². The van der Waals surface area contributed by atoms with E-state index in [4.69, 9.17) is 5.73 Å². The minimum atomic E-state index is -0.676. The smallest absolute Gasteiger partial charge is 0.292 e. The van der Waals surface area contributed by atoms with Crippen LogP contribution in [0.2, 0.25) is 0 Å². The van der Waals surface area contributed by atoms with E-state index >= 15 is 0 Å². The van der Waals surface area contributed by atoms with Crippen LogP contribution in [-0.2, 0) is 10.3 Å². The van der Waals surface area contributed by atoms with Crippen molar-refractivity contribution in [2.75, 3.05) is 5.73 Å². The lowest BCUT2D eigenvalue weighted by Gasteiger charge is -2.26. The molecule has 1 aromatic rings. The van der Waals surface area contributed by atoms with Gasteiger partial charge in [0.25, 0.3) is 5.69 Å². The van der Waals surface area contributed by atoms with Crippen LogP contribution >= 0.6 is 0 Å². The van der Waals surface area contributed by atoms with E-state index in [2.05, 4.69) is 5.32 Å². The summed E-state index contributed by atoms with van der Waals surface area (Å²) in [5.74, 6) is -0.200. The van der Waals surface area contributed by atoms with E-state index in [0.29, 0.717) is 5.56 Å². The Hall–Kier alpha value is -2.11. The van der Waals surface area contributed by atoms with Crippen LogP contribution in [0.15, 0.2) is 18.2 Å². The number of nitrogens with zero attached hydrogens (tertiary/aromatic N) is 1. The van der Waals surface area contributed by atoms with Crippen LogP contribution in [0.1, 0.15) is 26.3 Å². The molecule has 0 atom stereocenters. The maximum absolute atomic E-state index is 11.0. The fourth-order valence-electron chi connectivity index (χ4n) is 1.60. The first kappa shape index (κ1) is 13.0. The van der Waals surface area contributed by atoms with Crippen molar-refractivity contribution in [3.05, 3.63) is 33.9 Å². The number of nitro groups is 1. The summed E-state index contributed by atoms with van der Waals surface area (Å²) in [6.45, 7) is 4.93. The quantitative estimate of drug-likeness (QED) is 0.473. The topological polar surface area (TPSA) is 98.3 Å². The van der Waals surface area contributed by atoms with Crippen molar-refractivity contribution >= 4 is 17.3 Å². The standard InChI is InChI=1S/C11H15N3O3/c1-7(15)13-11(2,3)8-4-5-9(12)10(6-8)14(16)17/h4-6H,12H2,1-3H3,(H,13,15). The largest absolute Gasteiger partial charge is 0.393 e. The van der Waals surface area contributed by atoms with E-state index in [9.17, 15) is 14.9 Å². The van der Waals surface area contributed by atoms with Crippen molar-refractivity contribution in [1.29, 1.82) is 0 Å². The molecule has 0 spiro atoms. The molecule has 0 aliphatic carbocycles. The highest BCUT2D eigenvalue weighted by Gasteiger charge is 2.24. The molecule has 0 heterocycles. The minimum Gasteiger partial charge on any atom is -0.393 e. The molecule has 1 amide bonds. The summed E-state index contributed by atoms with van der Waals surface area (Å²) >= 11 is 0. The number of rotatable bonds is 3. The summed E-state index contributed by atoms with van der Waals surface area (Å²) in [5, 5.41) is 13.5. The van der Waals surface area contributed by atoms with Gasteiger partial charge in [0.05, 0.1) is 10.5 Å². The third-order valence-electron chi connectivity index (χ3n) is 2.44. The van der Waals surface area contributed by atoms with Crippen molar-refractivity contribution in [2.45, 2.75) is 26.3 Å². The number of benzene rings is 1. The third-order valence-corrected chi connectivity index (χ3v) is 2.44. The molecule has 3 N–H and O–H groups in total. The first-order chi connectivity index (χ1) is 7.74. The molecule has 6 nitrogen and oxygen atoms in total. The Morgan fingerprint density at radius 2 is 2.06 bits per heavy atom. The molecule has 6 heteroatoms. The van der Waals surface area contributed by atoms with Gasteiger partial charge in [-0.15, -0.1) is 0 Å². The van der Waals surface area contributed by atoms with Gasteiger partial charge in [-0.25, -0.2) is 0 Å². The molecule has 0 bridgehead atoms. The SMILES string of the molecule is CC(=O)NC(C)(C)c1ccc(N)c([N+](=O)[O-])c1. The molecule has 0 aliphatic heterocycles. The second-order valence-corrected chi connectivity index (χ2v) is 4.34. The molecular weight excluding hydrogens is 222 g/mol. The highest BCUT2D eigenvalue weighted by atomic mass is 16.6. The van der Waals surface area contributed by atoms with E-state index < -0.39 is 10.5 Å². The lowest BCUT2D eigenvalue weighted by molar-refractivity contribution is -0.384. The summed E-state index contributed by atoms with van der Waals surface area (Å²) < 4.78 is 0. The molecular formula is C11H15N3O3. The fourth-order valence-corrected chi connectivity index (χ4v) is 1.60. The predicted molar refractivity (Wildman–Crippen MR) is 64.4 cm³/mol. The molecule has 0 aromatic heterocycles. The number of hydrogen-bond donors (Lipinski definition) is 2. The average Bonchev–Trinajstić information content (AvgIpc) is 2.15. The van der Waals surface area contributed by atoms with E-state index in [1.807, 2.05) is 0 Å². The Bertz CT molecular complexity index is 469. The second kappa shape index (κ2) is 4.40. The Morgan fingerprint density at radius 1 is 1.47 bits per heavy atom. The van der Waals surface area contributed by atoms with Gasteiger partial charge in [-0.3, -0.25) is 14.9 Å². The van der Waals surface area contributed by atoms with E-state index in [0.717, 1.165) is 0 Å². The Labute approximate surface area is 99.0 Å². The van der Waals surface area contributed by atoms with Crippen LogP contribution < -0.4 is 11.1 Å². The minimum absolute atomic E-state index is 0.109.